The highest BCUT2D eigenvalue weighted by Crippen LogP contribution is 2.41. The van der Waals surface area contributed by atoms with Crippen molar-refractivity contribution in [2.45, 2.75) is 6.17 Å². The number of hydrogen-bond donors (Lipinski definition) is 1. The third-order valence-electron chi connectivity index (χ3n) is 8.97. The van der Waals surface area contributed by atoms with Gasteiger partial charge in [-0.1, -0.05) is 158 Å². The van der Waals surface area contributed by atoms with Gasteiger partial charge in [-0.05, 0) is 33.5 Å². The highest BCUT2D eigenvalue weighted by molar-refractivity contribution is 6.17. The molecule has 0 amide bonds. The second-order valence-electron chi connectivity index (χ2n) is 11.8. The van der Waals surface area contributed by atoms with Gasteiger partial charge in [0.25, 0.3) is 0 Å². The largest absolute Gasteiger partial charge is 0.455 e. The maximum absolute atomic E-state index is 6.57. The maximum Gasteiger partial charge on any atom is 0.170 e. The van der Waals surface area contributed by atoms with Crippen LogP contribution in [0, 0.1) is 0 Å². The molecule has 0 bridgehead atoms. The number of para-hydroxylation sites is 1. The standard InChI is InChI=1S/C43H29N3O/c1-3-12-29(13-4-1)35-26-27-37(39-36-19-9-10-21-38(36)47-40(35)39)43-45-41(31-15-5-2-6-16-31)44-42(46-43)32-24-22-30(23-25-32)34-20-11-17-28-14-7-8-18-33(28)34/h1-27,43H,(H,44,45,46). The van der Waals surface area contributed by atoms with Crippen LogP contribution < -0.4 is 5.32 Å². The predicted octanol–water partition coefficient (Wildman–Crippen LogP) is 10.6. The normalized spacial score (nSPS) is 14.6. The van der Waals surface area contributed by atoms with Crippen LogP contribution >= 0.6 is 0 Å². The van der Waals surface area contributed by atoms with Crippen LogP contribution in [0.5, 0.6) is 0 Å². The van der Waals surface area contributed by atoms with Gasteiger partial charge >= 0.3 is 0 Å². The van der Waals surface area contributed by atoms with Crippen molar-refractivity contribution in [3.05, 3.63) is 180 Å². The van der Waals surface area contributed by atoms with E-state index in [1.165, 1.54) is 21.9 Å². The van der Waals surface area contributed by atoms with E-state index in [-0.39, 0.29) is 0 Å². The number of amidine groups is 2. The molecule has 1 unspecified atom stereocenters. The summed E-state index contributed by atoms with van der Waals surface area (Å²) in [5, 5.41) is 8.14. The summed E-state index contributed by atoms with van der Waals surface area (Å²) in [6, 6.07) is 56.8. The van der Waals surface area contributed by atoms with Crippen LogP contribution in [0.3, 0.4) is 0 Å². The van der Waals surface area contributed by atoms with Gasteiger partial charge in [-0.3, -0.25) is 0 Å². The fourth-order valence-electron chi connectivity index (χ4n) is 6.68. The van der Waals surface area contributed by atoms with E-state index in [9.17, 15) is 0 Å². The average Bonchev–Trinajstić information content (AvgIpc) is 3.55. The quantitative estimate of drug-likeness (QED) is 0.213. The van der Waals surface area contributed by atoms with Crippen molar-refractivity contribution in [1.29, 1.82) is 0 Å². The molecule has 1 atom stereocenters. The third-order valence-corrected chi connectivity index (χ3v) is 8.97. The highest BCUT2D eigenvalue weighted by Gasteiger charge is 2.25. The zero-order chi connectivity index (χ0) is 31.2. The lowest BCUT2D eigenvalue weighted by atomic mass is 9.96. The Bertz CT molecular complexity index is 2470. The van der Waals surface area contributed by atoms with E-state index in [4.69, 9.17) is 14.4 Å². The lowest BCUT2D eigenvalue weighted by Gasteiger charge is -2.23. The maximum atomic E-state index is 6.57. The van der Waals surface area contributed by atoms with E-state index in [0.717, 1.165) is 61.4 Å². The number of hydrogen-bond acceptors (Lipinski definition) is 4. The van der Waals surface area contributed by atoms with Gasteiger partial charge in [0, 0.05) is 33.0 Å². The van der Waals surface area contributed by atoms with Gasteiger partial charge in [-0.15, -0.1) is 0 Å². The number of furan rings is 1. The van der Waals surface area contributed by atoms with Gasteiger partial charge < -0.3 is 9.73 Å². The molecule has 0 saturated carbocycles. The molecular formula is C43H29N3O. The molecule has 4 heteroatoms. The lowest BCUT2D eigenvalue weighted by molar-refractivity contribution is 0.668. The first-order valence-corrected chi connectivity index (χ1v) is 15.9. The summed E-state index contributed by atoms with van der Waals surface area (Å²) in [4.78, 5) is 10.5. The first-order valence-electron chi connectivity index (χ1n) is 15.9. The van der Waals surface area contributed by atoms with Gasteiger partial charge in [0.1, 0.15) is 22.8 Å². The monoisotopic (exact) mass is 603 g/mol. The van der Waals surface area contributed by atoms with Crippen molar-refractivity contribution in [1.82, 2.24) is 5.32 Å². The summed E-state index contributed by atoms with van der Waals surface area (Å²) >= 11 is 0. The van der Waals surface area contributed by atoms with Gasteiger partial charge in [-0.2, -0.15) is 0 Å². The Morgan fingerprint density at radius 1 is 0.447 bits per heavy atom. The van der Waals surface area contributed by atoms with Crippen molar-refractivity contribution in [3.8, 4) is 22.3 Å². The number of fused-ring (bicyclic) bond motifs is 4. The second kappa shape index (κ2) is 11.3. The lowest BCUT2D eigenvalue weighted by Crippen LogP contribution is -2.36. The highest BCUT2D eigenvalue weighted by atomic mass is 16.3. The molecule has 7 aromatic carbocycles. The van der Waals surface area contributed by atoms with E-state index >= 15 is 0 Å². The molecule has 0 radical (unpaired) electrons. The summed E-state index contributed by atoms with van der Waals surface area (Å²) < 4.78 is 6.57. The molecule has 0 aliphatic carbocycles. The minimum Gasteiger partial charge on any atom is -0.455 e. The molecule has 0 spiro atoms. The van der Waals surface area contributed by atoms with Crippen molar-refractivity contribution in [2.24, 2.45) is 9.98 Å². The minimum atomic E-state index is -0.479. The molecule has 1 N–H and O–H groups in total. The Balaban J connectivity index is 1.20. The van der Waals surface area contributed by atoms with Crippen LogP contribution in [0.2, 0.25) is 0 Å². The summed E-state index contributed by atoms with van der Waals surface area (Å²) in [5.41, 5.74) is 9.24. The minimum absolute atomic E-state index is 0.479. The van der Waals surface area contributed by atoms with Gasteiger partial charge in [0.05, 0.1) is 0 Å². The van der Waals surface area contributed by atoms with Crippen LogP contribution in [0.25, 0.3) is 55.0 Å². The van der Waals surface area contributed by atoms with E-state index in [2.05, 4.69) is 133 Å². The first kappa shape index (κ1) is 27.1. The zero-order valence-corrected chi connectivity index (χ0v) is 25.5. The molecule has 2 heterocycles. The SMILES string of the molecule is c1ccc(C2=NC(c3ccc(-c4ccccc4)c4oc5ccccc5c34)N=C(c3ccc(-c4cccc5ccccc45)cc3)N2)cc1. The van der Waals surface area contributed by atoms with E-state index in [1.54, 1.807) is 0 Å². The Morgan fingerprint density at radius 2 is 1.02 bits per heavy atom. The third kappa shape index (κ3) is 4.79. The molecule has 4 nitrogen and oxygen atoms in total. The van der Waals surface area contributed by atoms with Gasteiger partial charge in [-0.25, -0.2) is 9.98 Å². The van der Waals surface area contributed by atoms with Crippen LogP contribution in [0.15, 0.2) is 178 Å². The molecule has 8 aromatic rings. The Morgan fingerprint density at radius 3 is 1.79 bits per heavy atom. The summed E-state index contributed by atoms with van der Waals surface area (Å²) in [6.07, 6.45) is -0.479. The number of rotatable bonds is 5. The fraction of sp³-hybridized carbons (Fsp3) is 0.0233. The van der Waals surface area contributed by atoms with E-state index < -0.39 is 6.17 Å². The van der Waals surface area contributed by atoms with Crippen LogP contribution in [0.4, 0.5) is 0 Å². The Labute approximate surface area is 272 Å². The topological polar surface area (TPSA) is 49.9 Å². The Kier molecular flexibility index (Phi) is 6.50. The number of nitrogens with zero attached hydrogens (tertiary/aromatic N) is 2. The summed E-state index contributed by atoms with van der Waals surface area (Å²) in [6.45, 7) is 0. The summed E-state index contributed by atoms with van der Waals surface area (Å²) in [5.74, 6) is 1.56. The van der Waals surface area contributed by atoms with Crippen molar-refractivity contribution < 1.29 is 4.42 Å². The molecule has 0 saturated heterocycles. The van der Waals surface area contributed by atoms with E-state index in [0.29, 0.717) is 0 Å². The molecular weight excluding hydrogens is 574 g/mol. The Hall–Kier alpha value is -6.26. The molecule has 1 aliphatic heterocycles. The average molecular weight is 604 g/mol. The van der Waals surface area contributed by atoms with Crippen LogP contribution in [-0.2, 0) is 0 Å². The molecule has 1 aromatic heterocycles. The fourth-order valence-corrected chi connectivity index (χ4v) is 6.68. The predicted molar refractivity (Wildman–Crippen MR) is 194 cm³/mol. The molecule has 47 heavy (non-hydrogen) atoms. The molecule has 222 valence electrons. The number of benzene rings is 7. The van der Waals surface area contributed by atoms with Crippen molar-refractivity contribution in [2.75, 3.05) is 0 Å². The first-order chi connectivity index (χ1) is 23.3. The van der Waals surface area contributed by atoms with E-state index in [1.807, 2.05) is 36.4 Å². The van der Waals surface area contributed by atoms with Gasteiger partial charge in [0.2, 0.25) is 0 Å². The van der Waals surface area contributed by atoms with Gasteiger partial charge in [0.15, 0.2) is 6.17 Å². The summed E-state index contributed by atoms with van der Waals surface area (Å²) in [7, 11) is 0. The van der Waals surface area contributed by atoms with Crippen molar-refractivity contribution >= 4 is 44.4 Å². The smallest absolute Gasteiger partial charge is 0.170 e. The molecule has 1 aliphatic rings. The van der Waals surface area contributed by atoms with Crippen LogP contribution in [0.1, 0.15) is 22.9 Å². The van der Waals surface area contributed by atoms with Crippen LogP contribution in [-0.4, -0.2) is 11.7 Å². The van der Waals surface area contributed by atoms with Crippen molar-refractivity contribution in [3.63, 3.8) is 0 Å². The molecule has 9 rings (SSSR count). The number of aliphatic imine (C=N–C) groups is 2. The second-order valence-corrected chi connectivity index (χ2v) is 11.8. The molecule has 0 fully saturated rings. The zero-order valence-electron chi connectivity index (χ0n) is 25.5. The number of nitrogens with one attached hydrogen (secondary N) is 1.